The summed E-state index contributed by atoms with van der Waals surface area (Å²) in [5.41, 5.74) is 1.31. The van der Waals surface area contributed by atoms with E-state index in [1.165, 1.54) is 5.56 Å². The predicted octanol–water partition coefficient (Wildman–Crippen LogP) is 3.91. The molecule has 0 saturated heterocycles. The fourth-order valence-corrected chi connectivity index (χ4v) is 2.27. The molecule has 1 aromatic carbocycles. The van der Waals surface area contributed by atoms with Crippen molar-refractivity contribution in [3.63, 3.8) is 0 Å². The molecule has 0 aromatic heterocycles. The third-order valence-corrected chi connectivity index (χ3v) is 3.25. The van der Waals surface area contributed by atoms with Gasteiger partial charge in [-0.25, -0.2) is 0 Å². The van der Waals surface area contributed by atoms with Gasteiger partial charge in [0.05, 0.1) is 11.6 Å². The summed E-state index contributed by atoms with van der Waals surface area (Å²) in [5, 5.41) is 3.54. The number of rotatable bonds is 6. The smallest absolute Gasteiger partial charge is 0.133 e. The first-order valence-electron chi connectivity index (χ1n) is 5.79. The van der Waals surface area contributed by atoms with Crippen molar-refractivity contribution in [2.75, 3.05) is 13.7 Å². The Kier molecular flexibility index (Phi) is 5.85. The molecule has 16 heavy (non-hydrogen) atoms. The molecule has 0 heterocycles. The molecule has 0 bridgehead atoms. The minimum atomic E-state index is 0.433. The lowest BCUT2D eigenvalue weighted by atomic mass is 10.0. The van der Waals surface area contributed by atoms with E-state index in [4.69, 9.17) is 4.74 Å². The Bertz CT molecular complexity index is 328. The van der Waals surface area contributed by atoms with Crippen LogP contribution in [0.25, 0.3) is 0 Å². The zero-order valence-corrected chi connectivity index (χ0v) is 11.8. The van der Waals surface area contributed by atoms with Crippen LogP contribution in [0.3, 0.4) is 0 Å². The number of benzene rings is 1. The summed E-state index contributed by atoms with van der Waals surface area (Å²) in [4.78, 5) is 0. The summed E-state index contributed by atoms with van der Waals surface area (Å²) < 4.78 is 6.25. The van der Waals surface area contributed by atoms with E-state index >= 15 is 0 Å². The van der Waals surface area contributed by atoms with Crippen LogP contribution in [0, 0.1) is 0 Å². The Labute approximate surface area is 107 Å². The van der Waals surface area contributed by atoms with E-state index in [0.717, 1.165) is 29.6 Å². The van der Waals surface area contributed by atoms with Gasteiger partial charge in [0.15, 0.2) is 0 Å². The van der Waals surface area contributed by atoms with Gasteiger partial charge < -0.3 is 10.1 Å². The first-order chi connectivity index (χ1) is 7.72. The predicted molar refractivity (Wildman–Crippen MR) is 72.0 cm³/mol. The average molecular weight is 286 g/mol. The second-order valence-electron chi connectivity index (χ2n) is 3.81. The monoisotopic (exact) mass is 285 g/mol. The average Bonchev–Trinajstić information content (AvgIpc) is 2.30. The SMILES string of the molecule is CCCNC(CC)c1ccc(OC)c(Br)c1. The minimum absolute atomic E-state index is 0.433. The zero-order valence-electron chi connectivity index (χ0n) is 10.2. The number of hydrogen-bond donors (Lipinski definition) is 1. The maximum absolute atomic E-state index is 5.23. The Morgan fingerprint density at radius 1 is 1.38 bits per heavy atom. The summed E-state index contributed by atoms with van der Waals surface area (Å²) in [6, 6.07) is 6.70. The molecule has 1 unspecified atom stereocenters. The van der Waals surface area contributed by atoms with Crippen LogP contribution in [0.1, 0.15) is 38.3 Å². The Morgan fingerprint density at radius 2 is 2.12 bits per heavy atom. The molecule has 0 saturated carbocycles. The van der Waals surface area contributed by atoms with Crippen LogP contribution in [0.2, 0.25) is 0 Å². The lowest BCUT2D eigenvalue weighted by Crippen LogP contribution is -2.21. The van der Waals surface area contributed by atoms with Crippen LogP contribution in [0.15, 0.2) is 22.7 Å². The van der Waals surface area contributed by atoms with Gasteiger partial charge in [0, 0.05) is 6.04 Å². The van der Waals surface area contributed by atoms with E-state index in [-0.39, 0.29) is 0 Å². The topological polar surface area (TPSA) is 21.3 Å². The molecule has 0 aliphatic heterocycles. The molecular formula is C13H20BrNO. The third-order valence-electron chi connectivity index (χ3n) is 2.63. The van der Waals surface area contributed by atoms with E-state index in [1.807, 2.05) is 6.07 Å². The molecule has 0 spiro atoms. The van der Waals surface area contributed by atoms with Crippen LogP contribution in [0.5, 0.6) is 5.75 Å². The van der Waals surface area contributed by atoms with Gasteiger partial charge in [0.1, 0.15) is 5.75 Å². The standard InChI is InChI=1S/C13H20BrNO/c1-4-8-15-12(5-2)10-6-7-13(16-3)11(14)9-10/h6-7,9,12,15H,4-5,8H2,1-3H3. The van der Waals surface area contributed by atoms with Crippen LogP contribution in [-0.2, 0) is 0 Å². The summed E-state index contributed by atoms with van der Waals surface area (Å²) in [7, 11) is 1.69. The molecule has 1 aromatic rings. The van der Waals surface area contributed by atoms with Crippen molar-refractivity contribution in [2.24, 2.45) is 0 Å². The molecule has 0 radical (unpaired) electrons. The van der Waals surface area contributed by atoms with Gasteiger partial charge >= 0.3 is 0 Å². The van der Waals surface area contributed by atoms with E-state index in [1.54, 1.807) is 7.11 Å². The lowest BCUT2D eigenvalue weighted by molar-refractivity contribution is 0.411. The molecule has 0 aliphatic rings. The lowest BCUT2D eigenvalue weighted by Gasteiger charge is -2.18. The van der Waals surface area contributed by atoms with Gasteiger partial charge in [0.25, 0.3) is 0 Å². The molecule has 1 rings (SSSR count). The van der Waals surface area contributed by atoms with E-state index in [2.05, 4.69) is 47.2 Å². The highest BCUT2D eigenvalue weighted by molar-refractivity contribution is 9.10. The van der Waals surface area contributed by atoms with Gasteiger partial charge in [-0.2, -0.15) is 0 Å². The van der Waals surface area contributed by atoms with Crippen molar-refractivity contribution in [1.82, 2.24) is 5.32 Å². The molecule has 90 valence electrons. The van der Waals surface area contributed by atoms with Crippen molar-refractivity contribution in [1.29, 1.82) is 0 Å². The van der Waals surface area contributed by atoms with Gasteiger partial charge in [0.2, 0.25) is 0 Å². The highest BCUT2D eigenvalue weighted by Gasteiger charge is 2.10. The molecular weight excluding hydrogens is 266 g/mol. The van der Waals surface area contributed by atoms with Gasteiger partial charge in [-0.3, -0.25) is 0 Å². The minimum Gasteiger partial charge on any atom is -0.496 e. The Hall–Kier alpha value is -0.540. The Balaban J connectivity index is 2.80. The maximum Gasteiger partial charge on any atom is 0.133 e. The fourth-order valence-electron chi connectivity index (χ4n) is 1.72. The first-order valence-corrected chi connectivity index (χ1v) is 6.59. The fraction of sp³-hybridized carbons (Fsp3) is 0.538. The van der Waals surface area contributed by atoms with Gasteiger partial charge in [-0.1, -0.05) is 19.9 Å². The summed E-state index contributed by atoms with van der Waals surface area (Å²) in [6.07, 6.45) is 2.26. The van der Waals surface area contributed by atoms with Gasteiger partial charge in [-0.05, 0) is 53.0 Å². The zero-order chi connectivity index (χ0) is 12.0. The summed E-state index contributed by atoms with van der Waals surface area (Å²) >= 11 is 3.52. The molecule has 0 aliphatic carbocycles. The van der Waals surface area contributed by atoms with Crippen LogP contribution < -0.4 is 10.1 Å². The molecule has 1 N–H and O–H groups in total. The number of methoxy groups -OCH3 is 1. The van der Waals surface area contributed by atoms with E-state index < -0.39 is 0 Å². The van der Waals surface area contributed by atoms with Crippen LogP contribution in [0.4, 0.5) is 0 Å². The number of nitrogens with one attached hydrogen (secondary N) is 1. The second-order valence-corrected chi connectivity index (χ2v) is 4.66. The number of ether oxygens (including phenoxy) is 1. The normalized spacial score (nSPS) is 12.5. The molecule has 1 atom stereocenters. The second kappa shape index (κ2) is 6.92. The molecule has 2 nitrogen and oxygen atoms in total. The van der Waals surface area contributed by atoms with Crippen molar-refractivity contribution in [3.05, 3.63) is 28.2 Å². The maximum atomic E-state index is 5.23. The third kappa shape index (κ3) is 3.49. The van der Waals surface area contributed by atoms with Crippen molar-refractivity contribution < 1.29 is 4.74 Å². The van der Waals surface area contributed by atoms with E-state index in [0.29, 0.717) is 6.04 Å². The summed E-state index contributed by atoms with van der Waals surface area (Å²) in [6.45, 7) is 5.44. The largest absolute Gasteiger partial charge is 0.496 e. The molecule has 3 heteroatoms. The Morgan fingerprint density at radius 3 is 2.62 bits per heavy atom. The van der Waals surface area contributed by atoms with Crippen LogP contribution >= 0.6 is 15.9 Å². The van der Waals surface area contributed by atoms with Crippen molar-refractivity contribution in [3.8, 4) is 5.75 Å². The van der Waals surface area contributed by atoms with Crippen LogP contribution in [-0.4, -0.2) is 13.7 Å². The van der Waals surface area contributed by atoms with Crippen molar-refractivity contribution in [2.45, 2.75) is 32.7 Å². The highest BCUT2D eigenvalue weighted by Crippen LogP contribution is 2.28. The van der Waals surface area contributed by atoms with Gasteiger partial charge in [-0.15, -0.1) is 0 Å². The number of halogens is 1. The first kappa shape index (κ1) is 13.5. The number of hydrogen-bond acceptors (Lipinski definition) is 2. The van der Waals surface area contributed by atoms with E-state index in [9.17, 15) is 0 Å². The highest BCUT2D eigenvalue weighted by atomic mass is 79.9. The summed E-state index contributed by atoms with van der Waals surface area (Å²) in [5.74, 6) is 0.883. The van der Waals surface area contributed by atoms with Crippen molar-refractivity contribution >= 4 is 15.9 Å². The molecule has 0 fully saturated rings. The molecule has 0 amide bonds. The quantitative estimate of drug-likeness (QED) is 0.856.